The first-order valence-electron chi connectivity index (χ1n) is 9.15. The van der Waals surface area contributed by atoms with Crippen molar-refractivity contribution in [1.29, 1.82) is 0 Å². The highest BCUT2D eigenvalue weighted by Gasteiger charge is 2.41. The van der Waals surface area contributed by atoms with Gasteiger partial charge in [0.1, 0.15) is 11.6 Å². The Bertz CT molecular complexity index is 598. The van der Waals surface area contributed by atoms with E-state index in [0.29, 0.717) is 13.0 Å². The second-order valence-electron chi connectivity index (χ2n) is 7.65. The van der Waals surface area contributed by atoms with Gasteiger partial charge in [-0.3, -0.25) is 4.90 Å². The third-order valence-electron chi connectivity index (χ3n) is 4.32. The zero-order valence-corrected chi connectivity index (χ0v) is 16.2. The summed E-state index contributed by atoms with van der Waals surface area (Å²) in [6, 6.07) is 9.79. The lowest BCUT2D eigenvalue weighted by atomic mass is 10.1. The Balaban J connectivity index is 1.86. The van der Waals surface area contributed by atoms with Gasteiger partial charge >= 0.3 is 12.1 Å². The molecule has 1 amide bonds. The molecule has 1 saturated heterocycles. The number of amides is 1. The van der Waals surface area contributed by atoms with Gasteiger partial charge in [-0.1, -0.05) is 30.3 Å². The minimum absolute atomic E-state index is 0.0578. The van der Waals surface area contributed by atoms with Crippen molar-refractivity contribution in [2.24, 2.45) is 0 Å². The van der Waals surface area contributed by atoms with Crippen LogP contribution in [0.2, 0.25) is 0 Å². The minimum Gasteiger partial charge on any atom is -0.467 e. The highest BCUT2D eigenvalue weighted by molar-refractivity contribution is 5.82. The van der Waals surface area contributed by atoms with Crippen molar-refractivity contribution in [2.45, 2.75) is 57.7 Å². The Morgan fingerprint density at radius 1 is 1.23 bits per heavy atom. The topological polar surface area (TPSA) is 67.9 Å². The van der Waals surface area contributed by atoms with E-state index >= 15 is 0 Å². The van der Waals surface area contributed by atoms with Crippen LogP contribution in [0.25, 0.3) is 0 Å². The number of esters is 1. The quantitative estimate of drug-likeness (QED) is 0.623. The molecule has 1 aliphatic heterocycles. The average Bonchev–Trinajstić information content (AvgIpc) is 3.02. The van der Waals surface area contributed by atoms with Crippen LogP contribution < -0.4 is 5.32 Å². The molecule has 0 saturated carbocycles. The van der Waals surface area contributed by atoms with E-state index in [9.17, 15) is 9.59 Å². The number of carbonyl (C=O) groups excluding carboxylic acids is 2. The van der Waals surface area contributed by atoms with Gasteiger partial charge in [0.05, 0.1) is 7.11 Å². The van der Waals surface area contributed by atoms with Crippen LogP contribution >= 0.6 is 0 Å². The summed E-state index contributed by atoms with van der Waals surface area (Å²) in [5, 5.41) is 3.45. The summed E-state index contributed by atoms with van der Waals surface area (Å²) < 4.78 is 10.3. The molecule has 0 aliphatic carbocycles. The van der Waals surface area contributed by atoms with Crippen LogP contribution in [0, 0.1) is 0 Å². The summed E-state index contributed by atoms with van der Waals surface area (Å²) in [4.78, 5) is 26.0. The van der Waals surface area contributed by atoms with Gasteiger partial charge in [0.15, 0.2) is 0 Å². The van der Waals surface area contributed by atoms with E-state index in [2.05, 4.69) is 17.4 Å². The summed E-state index contributed by atoms with van der Waals surface area (Å²) in [5.74, 6) is -0.399. The van der Waals surface area contributed by atoms with Crippen molar-refractivity contribution in [2.75, 3.05) is 20.2 Å². The van der Waals surface area contributed by atoms with Crippen molar-refractivity contribution in [3.05, 3.63) is 35.9 Å². The number of likely N-dealkylation sites (tertiary alicyclic amines) is 1. The fraction of sp³-hybridized carbons (Fsp3) is 0.600. The average molecular weight is 362 g/mol. The van der Waals surface area contributed by atoms with Crippen molar-refractivity contribution < 1.29 is 19.1 Å². The molecule has 1 aliphatic rings. The summed E-state index contributed by atoms with van der Waals surface area (Å²) in [5.41, 5.74) is 0.711. The highest BCUT2D eigenvalue weighted by Crippen LogP contribution is 2.22. The lowest BCUT2D eigenvalue weighted by Crippen LogP contribution is -2.44. The Morgan fingerprint density at radius 3 is 2.54 bits per heavy atom. The van der Waals surface area contributed by atoms with Crippen molar-refractivity contribution in [3.63, 3.8) is 0 Å². The number of ether oxygens (including phenoxy) is 2. The third kappa shape index (κ3) is 6.02. The molecule has 0 radical (unpaired) electrons. The number of rotatable bonds is 6. The van der Waals surface area contributed by atoms with E-state index in [0.717, 1.165) is 19.4 Å². The van der Waals surface area contributed by atoms with Gasteiger partial charge in [-0.2, -0.15) is 0 Å². The van der Waals surface area contributed by atoms with Gasteiger partial charge in [0.2, 0.25) is 0 Å². The van der Waals surface area contributed by atoms with E-state index in [-0.39, 0.29) is 6.04 Å². The maximum atomic E-state index is 12.4. The van der Waals surface area contributed by atoms with Crippen LogP contribution in [0.5, 0.6) is 0 Å². The number of hydrogen-bond donors (Lipinski definition) is 1. The summed E-state index contributed by atoms with van der Waals surface area (Å²) >= 11 is 0. The number of benzene rings is 1. The zero-order chi connectivity index (χ0) is 19.2. The number of hydrogen-bond acceptors (Lipinski definition) is 5. The first kappa shape index (κ1) is 20.2. The van der Waals surface area contributed by atoms with E-state index in [1.54, 1.807) is 0 Å². The first-order chi connectivity index (χ1) is 12.3. The highest BCUT2D eigenvalue weighted by atomic mass is 16.6. The second-order valence-corrected chi connectivity index (χ2v) is 7.65. The summed E-state index contributed by atoms with van der Waals surface area (Å²) in [6.45, 7) is 6.71. The molecule has 6 nitrogen and oxygen atoms in total. The molecule has 0 spiro atoms. The third-order valence-corrected chi connectivity index (χ3v) is 4.32. The van der Waals surface area contributed by atoms with Crippen molar-refractivity contribution >= 4 is 12.1 Å². The van der Waals surface area contributed by atoms with E-state index in [1.807, 2.05) is 39.0 Å². The minimum atomic E-state index is -0.598. The number of nitrogens with zero attached hydrogens (tertiary/aromatic N) is 1. The molecule has 2 atom stereocenters. The van der Waals surface area contributed by atoms with E-state index < -0.39 is 23.7 Å². The molecule has 26 heavy (non-hydrogen) atoms. The molecule has 6 heteroatoms. The second kappa shape index (κ2) is 9.03. The van der Waals surface area contributed by atoms with Gasteiger partial charge in [-0.25, -0.2) is 9.59 Å². The fourth-order valence-corrected chi connectivity index (χ4v) is 3.11. The van der Waals surface area contributed by atoms with Crippen LogP contribution in [0.4, 0.5) is 4.79 Å². The monoisotopic (exact) mass is 362 g/mol. The molecule has 144 valence electrons. The van der Waals surface area contributed by atoms with Gasteiger partial charge in [-0.05, 0) is 52.1 Å². The maximum absolute atomic E-state index is 12.4. The maximum Gasteiger partial charge on any atom is 0.411 e. The zero-order valence-electron chi connectivity index (χ0n) is 16.2. The molecular weight excluding hydrogens is 332 g/mol. The van der Waals surface area contributed by atoms with Gasteiger partial charge in [-0.15, -0.1) is 0 Å². The molecule has 1 aromatic carbocycles. The molecule has 2 rings (SSSR count). The summed E-state index contributed by atoms with van der Waals surface area (Å²) in [7, 11) is 1.34. The molecule has 0 unspecified atom stereocenters. The van der Waals surface area contributed by atoms with Crippen molar-refractivity contribution in [1.82, 2.24) is 10.2 Å². The normalized spacial score (nSPS) is 20.1. The van der Waals surface area contributed by atoms with Gasteiger partial charge < -0.3 is 14.8 Å². The van der Waals surface area contributed by atoms with Crippen LogP contribution in [0.1, 0.15) is 39.2 Å². The molecule has 0 bridgehead atoms. The SMILES string of the molecule is COC(=O)[C@@H]1C[C@H](NCCCc2ccccc2)CN1C(=O)OC(C)(C)C. The predicted octanol–water partition coefficient (Wildman–Crippen LogP) is 2.76. The van der Waals surface area contributed by atoms with E-state index in [1.165, 1.54) is 17.6 Å². The van der Waals surface area contributed by atoms with Gasteiger partial charge in [0, 0.05) is 12.6 Å². The smallest absolute Gasteiger partial charge is 0.411 e. The Morgan fingerprint density at radius 2 is 1.92 bits per heavy atom. The number of carbonyl (C=O) groups is 2. The molecule has 1 aromatic rings. The molecular formula is C20H30N2O4. The summed E-state index contributed by atoms with van der Waals surface area (Å²) in [6.07, 6.45) is 2.06. The Kier molecular flexibility index (Phi) is 7.03. The molecule has 0 aromatic heterocycles. The lowest BCUT2D eigenvalue weighted by Gasteiger charge is -2.27. The molecule has 1 N–H and O–H groups in total. The molecule has 1 fully saturated rings. The predicted molar refractivity (Wildman–Crippen MR) is 99.9 cm³/mol. The first-order valence-corrected chi connectivity index (χ1v) is 9.15. The van der Waals surface area contributed by atoms with E-state index in [4.69, 9.17) is 9.47 Å². The fourth-order valence-electron chi connectivity index (χ4n) is 3.11. The number of nitrogens with one attached hydrogen (secondary N) is 1. The largest absolute Gasteiger partial charge is 0.467 e. The van der Waals surface area contributed by atoms with Crippen LogP contribution in [-0.4, -0.2) is 54.8 Å². The number of methoxy groups -OCH3 is 1. The van der Waals surface area contributed by atoms with Gasteiger partial charge in [0.25, 0.3) is 0 Å². The van der Waals surface area contributed by atoms with Crippen LogP contribution in [0.15, 0.2) is 30.3 Å². The standard InChI is InChI=1S/C20H30N2O4/c1-20(2,3)26-19(24)22-14-16(13-17(22)18(23)25-4)21-12-8-11-15-9-6-5-7-10-15/h5-7,9-10,16-17,21H,8,11-14H2,1-4H3/t16-,17-/m0/s1. The Labute approximate surface area is 155 Å². The van der Waals surface area contributed by atoms with Crippen molar-refractivity contribution in [3.8, 4) is 0 Å². The number of aryl methyl sites for hydroxylation is 1. The Hall–Kier alpha value is -2.08. The molecule has 1 heterocycles. The van der Waals surface area contributed by atoms with Crippen LogP contribution in [-0.2, 0) is 20.7 Å². The lowest BCUT2D eigenvalue weighted by molar-refractivity contribution is -0.145. The van der Waals surface area contributed by atoms with Crippen LogP contribution in [0.3, 0.4) is 0 Å².